The van der Waals surface area contributed by atoms with Gasteiger partial charge in [0.2, 0.25) is 0 Å². The number of hydrogen-bond donors (Lipinski definition) is 0. The number of para-hydroxylation sites is 3. The molecule has 1 fully saturated rings. The first-order valence-electron chi connectivity index (χ1n) is 18.3. The number of anilines is 4. The summed E-state index contributed by atoms with van der Waals surface area (Å²) in [6.07, 6.45) is 5.06. The van der Waals surface area contributed by atoms with Gasteiger partial charge < -0.3 is 9.71 Å². The smallest absolute Gasteiger partial charge is 0.333 e. The fraction of sp³-hybridized carbons (Fsp3) is 0.217. The summed E-state index contributed by atoms with van der Waals surface area (Å²) in [4.78, 5) is 5.62. The average Bonchev–Trinajstić information content (AvgIpc) is 3.54. The van der Waals surface area contributed by atoms with Gasteiger partial charge in [0.25, 0.3) is 0 Å². The molecule has 6 aromatic rings. The molecule has 0 saturated heterocycles. The van der Waals surface area contributed by atoms with Crippen LogP contribution in [0.2, 0.25) is 0 Å². The summed E-state index contributed by atoms with van der Waals surface area (Å²) in [7, 11) is 0. The van der Waals surface area contributed by atoms with E-state index in [1.54, 1.807) is 5.56 Å². The van der Waals surface area contributed by atoms with Crippen LogP contribution in [0.3, 0.4) is 0 Å². The fourth-order valence-electron chi connectivity index (χ4n) is 12.0. The molecule has 4 heterocycles. The minimum absolute atomic E-state index is 0.0411. The Labute approximate surface area is 289 Å². The van der Waals surface area contributed by atoms with E-state index >= 15 is 0 Å². The summed E-state index contributed by atoms with van der Waals surface area (Å²) >= 11 is 0. The molecule has 2 atom stereocenters. The van der Waals surface area contributed by atoms with Crippen molar-refractivity contribution in [3.05, 3.63) is 155 Å². The topological polar surface area (TPSA) is 6.48 Å². The van der Waals surface area contributed by atoms with Crippen LogP contribution in [0, 0.1) is 6.92 Å². The SMILES string of the molecule is Cc1cc2c3c(c1)N1c4c(cccc4C4(C)CCCCC14C)B3N1c3ccccc3C3(c4ccccc4-c4ccccc43)c3cccc-2c31. The molecule has 0 bridgehead atoms. The van der Waals surface area contributed by atoms with Crippen molar-refractivity contribution in [3.8, 4) is 22.3 Å². The van der Waals surface area contributed by atoms with Crippen molar-refractivity contribution in [3.63, 3.8) is 0 Å². The fourth-order valence-corrected chi connectivity index (χ4v) is 12.0. The zero-order chi connectivity index (χ0) is 32.4. The van der Waals surface area contributed by atoms with Crippen molar-refractivity contribution in [2.75, 3.05) is 9.71 Å². The van der Waals surface area contributed by atoms with Crippen LogP contribution < -0.4 is 20.6 Å². The van der Waals surface area contributed by atoms with E-state index in [9.17, 15) is 0 Å². The van der Waals surface area contributed by atoms with Crippen LogP contribution in [-0.2, 0) is 10.8 Å². The number of nitrogens with zero attached hydrogens (tertiary/aromatic N) is 2. The zero-order valence-corrected chi connectivity index (χ0v) is 28.3. The standard InChI is InChI=1S/C46H37BN2/c1-28-26-32-31-16-12-21-37-42(31)49(39-23-9-8-19-35(39)46(37)33-17-6-4-14-29(33)30-15-5-7-18-34(30)46)47-38-22-13-20-36-43(38)48(40(27-28)41(32)47)45(3)25-11-10-24-44(36,45)2/h4-9,12-23,26-27H,10-11,24-25H2,1-3H3. The highest BCUT2D eigenvalue weighted by atomic mass is 15.3. The first-order valence-corrected chi connectivity index (χ1v) is 18.3. The van der Waals surface area contributed by atoms with Crippen molar-refractivity contribution in [2.45, 2.75) is 62.8 Å². The monoisotopic (exact) mass is 628 g/mol. The number of hydrogen-bond acceptors (Lipinski definition) is 2. The van der Waals surface area contributed by atoms with E-state index < -0.39 is 5.41 Å². The Kier molecular flexibility index (Phi) is 4.71. The van der Waals surface area contributed by atoms with Crippen LogP contribution in [0.5, 0.6) is 0 Å². The molecule has 234 valence electrons. The van der Waals surface area contributed by atoms with E-state index in [0.717, 1.165) is 0 Å². The lowest BCUT2D eigenvalue weighted by Crippen LogP contribution is -2.65. The summed E-state index contributed by atoms with van der Waals surface area (Å²) in [5.74, 6) is 0. The van der Waals surface area contributed by atoms with E-state index in [1.807, 2.05) is 0 Å². The normalized spacial score (nSPS) is 23.3. The van der Waals surface area contributed by atoms with E-state index in [4.69, 9.17) is 0 Å². The first kappa shape index (κ1) is 26.9. The second-order valence-corrected chi connectivity index (χ2v) is 16.0. The van der Waals surface area contributed by atoms with Gasteiger partial charge in [0, 0.05) is 33.7 Å². The first-order chi connectivity index (χ1) is 24.0. The van der Waals surface area contributed by atoms with Crippen molar-refractivity contribution < 1.29 is 0 Å². The lowest BCUT2D eigenvalue weighted by molar-refractivity contribution is 0.195. The summed E-state index contributed by atoms with van der Waals surface area (Å²) < 4.78 is 0. The lowest BCUT2D eigenvalue weighted by Gasteiger charge is -2.55. The molecule has 0 amide bonds. The number of benzene rings is 6. The van der Waals surface area contributed by atoms with Gasteiger partial charge in [-0.15, -0.1) is 0 Å². The van der Waals surface area contributed by atoms with Crippen molar-refractivity contribution >= 4 is 40.5 Å². The zero-order valence-electron chi connectivity index (χ0n) is 28.3. The molecule has 2 nitrogen and oxygen atoms in total. The second kappa shape index (κ2) is 8.58. The Bertz CT molecular complexity index is 2450. The van der Waals surface area contributed by atoms with E-state index in [1.165, 1.54) is 109 Å². The lowest BCUT2D eigenvalue weighted by atomic mass is 9.42. The van der Waals surface area contributed by atoms with Gasteiger partial charge in [0.05, 0.1) is 11.0 Å². The Hall–Kier alpha value is -5.02. The summed E-state index contributed by atoms with van der Waals surface area (Å²) in [6.45, 7) is 7.55. The van der Waals surface area contributed by atoms with Crippen LogP contribution >= 0.6 is 0 Å². The molecule has 0 aromatic heterocycles. The summed E-state index contributed by atoms with van der Waals surface area (Å²) in [6, 6.07) is 47.3. The van der Waals surface area contributed by atoms with Gasteiger partial charge in [0.15, 0.2) is 0 Å². The van der Waals surface area contributed by atoms with Crippen LogP contribution in [0.25, 0.3) is 22.3 Å². The largest absolute Gasteiger partial charge is 0.376 e. The highest BCUT2D eigenvalue weighted by molar-refractivity contribution is 6.93. The molecule has 0 N–H and O–H groups in total. The van der Waals surface area contributed by atoms with E-state index in [0.29, 0.717) is 0 Å². The molecule has 12 rings (SSSR count). The Balaban J connectivity index is 1.25. The Morgan fingerprint density at radius 2 is 1.18 bits per heavy atom. The van der Waals surface area contributed by atoms with Crippen molar-refractivity contribution in [1.82, 2.24) is 0 Å². The predicted molar refractivity (Wildman–Crippen MR) is 204 cm³/mol. The molecule has 6 aliphatic rings. The predicted octanol–water partition coefficient (Wildman–Crippen LogP) is 9.65. The quantitative estimate of drug-likeness (QED) is 0.154. The molecule has 3 heteroatoms. The highest BCUT2D eigenvalue weighted by Crippen LogP contribution is 2.66. The molecule has 1 spiro atoms. The second-order valence-electron chi connectivity index (χ2n) is 16.0. The maximum atomic E-state index is 2.84. The van der Waals surface area contributed by atoms with Gasteiger partial charge in [0.1, 0.15) is 0 Å². The average molecular weight is 629 g/mol. The van der Waals surface area contributed by atoms with E-state index in [2.05, 4.69) is 152 Å². The molecule has 0 radical (unpaired) electrons. The van der Waals surface area contributed by atoms with Crippen LogP contribution in [-0.4, -0.2) is 12.4 Å². The van der Waals surface area contributed by atoms with Gasteiger partial charge in [-0.05, 0) is 99.8 Å². The maximum Gasteiger partial charge on any atom is 0.333 e. The molecule has 2 unspecified atom stereocenters. The van der Waals surface area contributed by atoms with Gasteiger partial charge in [-0.1, -0.05) is 129 Å². The van der Waals surface area contributed by atoms with E-state index in [-0.39, 0.29) is 17.8 Å². The molecule has 2 aliphatic carbocycles. The minimum Gasteiger partial charge on any atom is -0.376 e. The highest BCUT2D eigenvalue weighted by Gasteiger charge is 2.63. The third kappa shape index (κ3) is 2.75. The van der Waals surface area contributed by atoms with Crippen LogP contribution in [0.4, 0.5) is 22.7 Å². The van der Waals surface area contributed by atoms with Gasteiger partial charge in [-0.25, -0.2) is 0 Å². The molecule has 49 heavy (non-hydrogen) atoms. The summed E-state index contributed by atoms with van der Waals surface area (Å²) in [5, 5.41) is 0. The van der Waals surface area contributed by atoms with Gasteiger partial charge in [-0.3, -0.25) is 0 Å². The van der Waals surface area contributed by atoms with Crippen LogP contribution in [0.15, 0.2) is 121 Å². The van der Waals surface area contributed by atoms with Gasteiger partial charge >= 0.3 is 6.85 Å². The molecule has 1 saturated carbocycles. The Morgan fingerprint density at radius 3 is 1.98 bits per heavy atom. The molecule has 4 aliphatic heterocycles. The third-order valence-corrected chi connectivity index (χ3v) is 14.0. The molecular formula is C46H37BN2. The van der Waals surface area contributed by atoms with Gasteiger partial charge in [-0.2, -0.15) is 0 Å². The Morgan fingerprint density at radius 1 is 0.551 bits per heavy atom. The number of rotatable bonds is 0. The molecule has 6 aromatic carbocycles. The maximum absolute atomic E-state index is 2.84. The minimum atomic E-state index is -0.398. The van der Waals surface area contributed by atoms with Crippen molar-refractivity contribution in [2.24, 2.45) is 0 Å². The third-order valence-electron chi connectivity index (χ3n) is 14.0. The number of aryl methyl sites for hydroxylation is 1. The molecular weight excluding hydrogens is 591 g/mol. The number of fused-ring (bicyclic) bond motifs is 16. The summed E-state index contributed by atoms with van der Waals surface area (Å²) in [5.41, 5.74) is 22.3. The van der Waals surface area contributed by atoms with Crippen LogP contribution in [0.1, 0.15) is 72.9 Å². The van der Waals surface area contributed by atoms with Crippen molar-refractivity contribution in [1.29, 1.82) is 0 Å².